The molecule has 1 atom stereocenters. The van der Waals surface area contributed by atoms with Gasteiger partial charge in [0.05, 0.1) is 11.8 Å². The summed E-state index contributed by atoms with van der Waals surface area (Å²) in [7, 11) is 0. The minimum atomic E-state index is -1.52. The van der Waals surface area contributed by atoms with E-state index in [4.69, 9.17) is 4.74 Å². The molecule has 0 saturated heterocycles. The zero-order valence-electron chi connectivity index (χ0n) is 9.72. The van der Waals surface area contributed by atoms with Gasteiger partial charge in [-0.3, -0.25) is 9.78 Å². The number of benzene rings is 1. The van der Waals surface area contributed by atoms with Gasteiger partial charge in [-0.2, -0.15) is 4.39 Å². The van der Waals surface area contributed by atoms with Crippen LogP contribution in [0.4, 0.5) is 4.39 Å². The van der Waals surface area contributed by atoms with E-state index in [2.05, 4.69) is 0 Å². The maximum Gasteiger partial charge on any atom is 0.341 e. The second kappa shape index (κ2) is 4.27. The molecule has 20 heavy (non-hydrogen) atoms. The number of halogens is 2. The summed E-state index contributed by atoms with van der Waals surface area (Å²) in [5, 5.41) is 0. The molecule has 0 aliphatic carbocycles. The predicted molar refractivity (Wildman–Crippen MR) is 74.2 cm³/mol. The third-order valence-electron chi connectivity index (χ3n) is 2.92. The van der Waals surface area contributed by atoms with Crippen molar-refractivity contribution in [3.8, 4) is 0 Å². The van der Waals surface area contributed by atoms with Gasteiger partial charge in [0.15, 0.2) is 0 Å². The van der Waals surface area contributed by atoms with Gasteiger partial charge >= 0.3 is 11.7 Å². The van der Waals surface area contributed by atoms with Gasteiger partial charge in [0.25, 0.3) is 9.29 Å². The van der Waals surface area contributed by atoms with Crippen molar-refractivity contribution in [2.75, 3.05) is 0 Å². The summed E-state index contributed by atoms with van der Waals surface area (Å²) >= 11 is 1.72. The molecule has 102 valence electrons. The first-order valence-electron chi connectivity index (χ1n) is 5.47. The number of nitrogens with zero attached hydrogens (tertiary/aromatic N) is 1. The summed E-state index contributed by atoms with van der Waals surface area (Å²) in [6.07, 6.45) is 0.725. The van der Waals surface area contributed by atoms with Gasteiger partial charge < -0.3 is 4.74 Å². The molecular formula is C12H6FIN2O4. The van der Waals surface area contributed by atoms with E-state index < -0.39 is 26.8 Å². The highest BCUT2D eigenvalue weighted by Crippen LogP contribution is 2.42. The Morgan fingerprint density at radius 3 is 2.70 bits per heavy atom. The molecule has 8 heteroatoms. The van der Waals surface area contributed by atoms with Crippen LogP contribution in [-0.2, 0) is 8.47 Å². The zero-order chi connectivity index (χ0) is 14.5. The molecule has 1 N–H and O–H groups in total. The van der Waals surface area contributed by atoms with E-state index in [9.17, 15) is 18.8 Å². The summed E-state index contributed by atoms with van der Waals surface area (Å²) in [5.74, 6) is -1.76. The average molecular weight is 388 g/mol. The van der Waals surface area contributed by atoms with Crippen LogP contribution >= 0.6 is 22.6 Å². The summed E-state index contributed by atoms with van der Waals surface area (Å²) in [6, 6.07) is 6.47. The summed E-state index contributed by atoms with van der Waals surface area (Å²) < 4.78 is 17.9. The molecule has 6 nitrogen and oxygen atoms in total. The van der Waals surface area contributed by atoms with Crippen LogP contribution in [0.15, 0.2) is 40.1 Å². The van der Waals surface area contributed by atoms with E-state index in [0.717, 1.165) is 10.8 Å². The third-order valence-corrected chi connectivity index (χ3v) is 4.24. The van der Waals surface area contributed by atoms with Crippen molar-refractivity contribution >= 4 is 28.6 Å². The summed E-state index contributed by atoms with van der Waals surface area (Å²) in [5.41, 5.74) is -1.28. The predicted octanol–water partition coefficient (Wildman–Crippen LogP) is 0.940. The molecule has 1 unspecified atom stereocenters. The van der Waals surface area contributed by atoms with Crippen molar-refractivity contribution in [3.05, 3.63) is 68.2 Å². The fraction of sp³-hybridized carbons (Fsp3) is 0.0833. The lowest BCUT2D eigenvalue weighted by atomic mass is 10.1. The minimum absolute atomic E-state index is 0.292. The number of carbonyl (C=O) groups is 1. The van der Waals surface area contributed by atoms with E-state index in [1.54, 1.807) is 46.9 Å². The Labute approximate surface area is 124 Å². The smallest absolute Gasteiger partial charge is 0.341 e. The number of ether oxygens (including phenoxy) is 1. The van der Waals surface area contributed by atoms with Crippen LogP contribution in [0, 0.1) is 5.82 Å². The number of carbonyl (C=O) groups excluding carboxylic acids is 1. The fourth-order valence-electron chi connectivity index (χ4n) is 2.00. The third kappa shape index (κ3) is 1.71. The van der Waals surface area contributed by atoms with E-state index in [0.29, 0.717) is 11.1 Å². The first kappa shape index (κ1) is 13.0. The number of nitrogens with one attached hydrogen (secondary N) is 1. The number of hydrogen-bond donors (Lipinski definition) is 1. The maximum atomic E-state index is 13.4. The Bertz CT molecular complexity index is 844. The van der Waals surface area contributed by atoms with Crippen LogP contribution < -0.4 is 11.2 Å². The van der Waals surface area contributed by atoms with Crippen LogP contribution in [0.2, 0.25) is 0 Å². The number of fused-ring (bicyclic) bond motifs is 1. The van der Waals surface area contributed by atoms with Crippen molar-refractivity contribution in [3.63, 3.8) is 0 Å². The second-order valence-corrected chi connectivity index (χ2v) is 5.56. The largest absolute Gasteiger partial charge is 0.421 e. The van der Waals surface area contributed by atoms with Crippen molar-refractivity contribution in [1.82, 2.24) is 9.55 Å². The molecule has 1 aromatic carbocycles. The van der Waals surface area contributed by atoms with Gasteiger partial charge in [0.1, 0.15) is 0 Å². The Morgan fingerprint density at radius 1 is 1.25 bits per heavy atom. The van der Waals surface area contributed by atoms with Crippen molar-refractivity contribution in [2.45, 2.75) is 3.73 Å². The molecule has 0 amide bonds. The number of hydrogen-bond acceptors (Lipinski definition) is 4. The molecule has 0 fully saturated rings. The Hall–Kier alpha value is -1.97. The van der Waals surface area contributed by atoms with Crippen molar-refractivity contribution < 1.29 is 13.9 Å². The molecule has 1 aliphatic rings. The molecule has 0 bridgehead atoms. The Kier molecular flexibility index (Phi) is 2.78. The van der Waals surface area contributed by atoms with E-state index in [1.807, 2.05) is 4.98 Å². The first-order valence-corrected chi connectivity index (χ1v) is 6.55. The van der Waals surface area contributed by atoms with E-state index in [-0.39, 0.29) is 0 Å². The topological polar surface area (TPSA) is 81.2 Å². The number of rotatable bonds is 1. The van der Waals surface area contributed by atoms with Gasteiger partial charge in [0, 0.05) is 28.2 Å². The summed E-state index contributed by atoms with van der Waals surface area (Å²) in [6.45, 7) is 0. The molecule has 2 heterocycles. The molecule has 3 rings (SSSR count). The molecule has 1 aromatic heterocycles. The van der Waals surface area contributed by atoms with Crippen molar-refractivity contribution in [2.24, 2.45) is 0 Å². The van der Waals surface area contributed by atoms with E-state index >= 15 is 0 Å². The number of H-pyrrole nitrogens is 1. The van der Waals surface area contributed by atoms with Crippen LogP contribution in [-0.4, -0.2) is 15.5 Å². The lowest BCUT2D eigenvalue weighted by Crippen LogP contribution is -2.41. The first-order chi connectivity index (χ1) is 9.43. The zero-order valence-corrected chi connectivity index (χ0v) is 11.9. The van der Waals surface area contributed by atoms with E-state index in [1.165, 1.54) is 0 Å². The molecule has 1 aliphatic heterocycles. The monoisotopic (exact) mass is 388 g/mol. The highest BCUT2D eigenvalue weighted by Gasteiger charge is 2.46. The minimum Gasteiger partial charge on any atom is -0.421 e. The van der Waals surface area contributed by atoms with Crippen LogP contribution in [0.25, 0.3) is 0 Å². The number of esters is 1. The van der Waals surface area contributed by atoms with Crippen LogP contribution in [0.1, 0.15) is 15.9 Å². The highest BCUT2D eigenvalue weighted by molar-refractivity contribution is 14.1. The molecule has 0 spiro atoms. The standard InChI is InChI=1S/C12H6FIN2O4/c13-8-5-16(11(19)15-9(8)17)12(14)7-4-2-1-3-6(7)10(18)20-12/h1-5H,(H,15,17,19). The van der Waals surface area contributed by atoms with Gasteiger partial charge in [0.2, 0.25) is 5.82 Å². The maximum absolute atomic E-state index is 13.4. The summed E-state index contributed by atoms with van der Waals surface area (Å²) in [4.78, 5) is 36.6. The molecular weight excluding hydrogens is 382 g/mol. The Balaban J connectivity index is 2.31. The van der Waals surface area contributed by atoms with Gasteiger partial charge in [-0.1, -0.05) is 18.2 Å². The number of cyclic esters (lactones) is 1. The van der Waals surface area contributed by atoms with Crippen LogP contribution in [0.3, 0.4) is 0 Å². The Morgan fingerprint density at radius 2 is 1.95 bits per heavy atom. The SMILES string of the molecule is O=C1OC(I)(n2cc(F)c(=O)[nH]c2=O)c2ccccc21. The average Bonchev–Trinajstić information content (AvgIpc) is 2.67. The van der Waals surface area contributed by atoms with Crippen molar-refractivity contribution in [1.29, 1.82) is 0 Å². The highest BCUT2D eigenvalue weighted by atomic mass is 127. The number of aromatic nitrogens is 2. The fourth-order valence-corrected chi connectivity index (χ4v) is 3.03. The number of alkyl halides is 1. The van der Waals surface area contributed by atoms with Gasteiger partial charge in [-0.25, -0.2) is 14.2 Å². The second-order valence-electron chi connectivity index (χ2n) is 4.10. The lowest BCUT2D eigenvalue weighted by molar-refractivity contribution is 0.0245. The lowest BCUT2D eigenvalue weighted by Gasteiger charge is -2.23. The van der Waals surface area contributed by atoms with Crippen LogP contribution in [0.5, 0.6) is 0 Å². The molecule has 2 aromatic rings. The quantitative estimate of drug-likeness (QED) is 0.448. The van der Waals surface area contributed by atoms with Gasteiger partial charge in [-0.15, -0.1) is 0 Å². The molecule has 0 radical (unpaired) electrons. The number of aromatic amines is 1. The normalized spacial score (nSPS) is 20.6. The van der Waals surface area contributed by atoms with Gasteiger partial charge in [-0.05, 0) is 6.07 Å². The molecule has 0 saturated carbocycles.